The van der Waals surface area contributed by atoms with Gasteiger partial charge in [0.2, 0.25) is 0 Å². The SMILES string of the molecule is C=Cc1ccc(N2C/C(=C/CC)n3c(C(C)C)nc(C(=O)OCC)c3C2)cc1. The van der Waals surface area contributed by atoms with Gasteiger partial charge in [0.05, 0.1) is 25.4 Å². The third kappa shape index (κ3) is 3.75. The minimum Gasteiger partial charge on any atom is -0.461 e. The van der Waals surface area contributed by atoms with Crippen LogP contribution in [-0.2, 0) is 11.3 Å². The summed E-state index contributed by atoms with van der Waals surface area (Å²) in [4.78, 5) is 19.6. The van der Waals surface area contributed by atoms with Crippen LogP contribution >= 0.6 is 0 Å². The van der Waals surface area contributed by atoms with Crippen molar-refractivity contribution in [2.75, 3.05) is 18.1 Å². The number of imidazole rings is 1. The molecule has 2 heterocycles. The summed E-state index contributed by atoms with van der Waals surface area (Å²) in [7, 11) is 0. The van der Waals surface area contributed by atoms with Crippen LogP contribution in [0.1, 0.15) is 67.6 Å². The summed E-state index contributed by atoms with van der Waals surface area (Å²) in [6.45, 7) is 13.7. The molecule has 0 saturated heterocycles. The number of carbonyl (C=O) groups is 1. The molecule has 0 bridgehead atoms. The van der Waals surface area contributed by atoms with Crippen LogP contribution in [0.3, 0.4) is 0 Å². The van der Waals surface area contributed by atoms with E-state index in [2.05, 4.69) is 67.2 Å². The lowest BCUT2D eigenvalue weighted by atomic mass is 10.1. The number of anilines is 1. The molecule has 5 heteroatoms. The predicted molar refractivity (Wildman–Crippen MR) is 114 cm³/mol. The first-order valence-corrected chi connectivity index (χ1v) is 9.95. The number of ether oxygens (including phenoxy) is 1. The first kappa shape index (κ1) is 19.9. The third-order valence-electron chi connectivity index (χ3n) is 4.90. The average molecular weight is 380 g/mol. The third-order valence-corrected chi connectivity index (χ3v) is 4.90. The Hall–Kier alpha value is -2.82. The lowest BCUT2D eigenvalue weighted by molar-refractivity contribution is 0.0518. The van der Waals surface area contributed by atoms with E-state index in [4.69, 9.17) is 9.72 Å². The molecular weight excluding hydrogens is 350 g/mol. The first-order chi connectivity index (χ1) is 13.5. The van der Waals surface area contributed by atoms with E-state index in [1.807, 2.05) is 13.0 Å². The number of aromatic nitrogens is 2. The van der Waals surface area contributed by atoms with Gasteiger partial charge in [-0.05, 0) is 31.0 Å². The van der Waals surface area contributed by atoms with Crippen molar-refractivity contribution in [1.29, 1.82) is 0 Å². The standard InChI is InChI=1S/C23H29N3O2/c1-6-9-19-14-25(18-12-10-17(7-2)11-13-18)15-20-21(23(27)28-8-3)24-22(16(4)5)26(19)20/h7,9-13,16H,2,6,8,14-15H2,1,3-5H3/b19-9-. The Labute approximate surface area is 167 Å². The fourth-order valence-electron chi connectivity index (χ4n) is 3.59. The zero-order chi connectivity index (χ0) is 20.3. The van der Waals surface area contributed by atoms with Gasteiger partial charge in [-0.15, -0.1) is 0 Å². The summed E-state index contributed by atoms with van der Waals surface area (Å²) in [5, 5.41) is 0. The number of hydrogen-bond acceptors (Lipinski definition) is 4. The summed E-state index contributed by atoms with van der Waals surface area (Å²) in [5.74, 6) is 0.776. The quantitative estimate of drug-likeness (QED) is 0.655. The highest BCUT2D eigenvalue weighted by Gasteiger charge is 2.31. The topological polar surface area (TPSA) is 47.4 Å². The molecule has 0 fully saturated rings. The Morgan fingerprint density at radius 1 is 1.25 bits per heavy atom. The van der Waals surface area contributed by atoms with Crippen molar-refractivity contribution >= 4 is 23.4 Å². The molecule has 3 rings (SSSR count). The number of hydrogen-bond donors (Lipinski definition) is 0. The number of benzene rings is 1. The van der Waals surface area contributed by atoms with Gasteiger partial charge in [0.1, 0.15) is 5.82 Å². The molecule has 0 atom stereocenters. The van der Waals surface area contributed by atoms with Gasteiger partial charge >= 0.3 is 5.97 Å². The summed E-state index contributed by atoms with van der Waals surface area (Å²) in [6, 6.07) is 8.31. The number of esters is 1. The first-order valence-electron chi connectivity index (χ1n) is 9.95. The van der Waals surface area contributed by atoms with Gasteiger partial charge in [-0.25, -0.2) is 9.78 Å². The van der Waals surface area contributed by atoms with Crippen molar-refractivity contribution in [3.8, 4) is 0 Å². The van der Waals surface area contributed by atoms with Gasteiger partial charge in [0.15, 0.2) is 5.69 Å². The molecule has 0 unspecified atom stereocenters. The van der Waals surface area contributed by atoms with Gasteiger partial charge < -0.3 is 14.2 Å². The fraction of sp³-hybridized carbons (Fsp3) is 0.391. The van der Waals surface area contributed by atoms with Gasteiger partial charge in [-0.1, -0.05) is 51.6 Å². The number of allylic oxidation sites excluding steroid dienone is 1. The number of carbonyl (C=O) groups excluding carboxylic acids is 1. The smallest absolute Gasteiger partial charge is 0.358 e. The number of nitrogens with zero attached hydrogens (tertiary/aromatic N) is 3. The van der Waals surface area contributed by atoms with E-state index in [9.17, 15) is 4.79 Å². The van der Waals surface area contributed by atoms with Gasteiger partial charge in [-0.2, -0.15) is 0 Å². The largest absolute Gasteiger partial charge is 0.461 e. The second-order valence-electron chi connectivity index (χ2n) is 7.23. The minimum atomic E-state index is -0.349. The maximum atomic E-state index is 12.6. The maximum Gasteiger partial charge on any atom is 0.358 e. The van der Waals surface area contributed by atoms with Crippen LogP contribution in [0.4, 0.5) is 5.69 Å². The van der Waals surface area contributed by atoms with Crippen molar-refractivity contribution in [2.45, 2.75) is 46.6 Å². The van der Waals surface area contributed by atoms with Crippen molar-refractivity contribution in [3.63, 3.8) is 0 Å². The Balaban J connectivity index is 2.10. The van der Waals surface area contributed by atoms with E-state index in [1.165, 1.54) is 0 Å². The summed E-state index contributed by atoms with van der Waals surface area (Å²) in [5.41, 5.74) is 4.69. The average Bonchev–Trinajstić information content (AvgIpc) is 3.09. The van der Waals surface area contributed by atoms with Crippen molar-refractivity contribution in [1.82, 2.24) is 9.55 Å². The fourth-order valence-corrected chi connectivity index (χ4v) is 3.59. The molecule has 148 valence electrons. The Morgan fingerprint density at radius 3 is 2.54 bits per heavy atom. The van der Waals surface area contributed by atoms with Crippen LogP contribution in [0.2, 0.25) is 0 Å². The number of rotatable bonds is 6. The molecule has 0 saturated carbocycles. The molecule has 0 N–H and O–H groups in total. The highest BCUT2D eigenvalue weighted by molar-refractivity contribution is 5.89. The molecule has 0 aliphatic carbocycles. The second kappa shape index (κ2) is 8.46. The van der Waals surface area contributed by atoms with E-state index in [0.717, 1.165) is 41.4 Å². The molecule has 1 aliphatic heterocycles. The van der Waals surface area contributed by atoms with Crippen LogP contribution in [-0.4, -0.2) is 28.7 Å². The molecule has 2 aromatic rings. The molecule has 1 aromatic heterocycles. The molecule has 0 amide bonds. The van der Waals surface area contributed by atoms with Crippen LogP contribution in [0, 0.1) is 0 Å². The van der Waals surface area contributed by atoms with E-state index < -0.39 is 0 Å². The number of fused-ring (bicyclic) bond motifs is 1. The molecule has 5 nitrogen and oxygen atoms in total. The Kier molecular flexibility index (Phi) is 6.02. The van der Waals surface area contributed by atoms with Crippen molar-refractivity contribution in [2.24, 2.45) is 0 Å². The zero-order valence-electron chi connectivity index (χ0n) is 17.2. The normalized spacial score (nSPS) is 15.0. The monoisotopic (exact) mass is 379 g/mol. The highest BCUT2D eigenvalue weighted by Crippen LogP contribution is 2.32. The van der Waals surface area contributed by atoms with Gasteiger partial charge in [-0.3, -0.25) is 0 Å². The molecular formula is C23H29N3O2. The van der Waals surface area contributed by atoms with Crippen LogP contribution in [0.5, 0.6) is 0 Å². The Morgan fingerprint density at radius 2 is 1.96 bits per heavy atom. The van der Waals surface area contributed by atoms with Crippen molar-refractivity contribution < 1.29 is 9.53 Å². The van der Waals surface area contributed by atoms with Crippen LogP contribution in [0.15, 0.2) is 36.9 Å². The molecule has 0 spiro atoms. The van der Waals surface area contributed by atoms with Crippen LogP contribution in [0.25, 0.3) is 11.8 Å². The molecule has 28 heavy (non-hydrogen) atoms. The van der Waals surface area contributed by atoms with E-state index in [1.54, 1.807) is 0 Å². The summed E-state index contributed by atoms with van der Waals surface area (Å²) < 4.78 is 7.47. The highest BCUT2D eigenvalue weighted by atomic mass is 16.5. The predicted octanol–water partition coefficient (Wildman–Crippen LogP) is 5.10. The van der Waals surface area contributed by atoms with E-state index >= 15 is 0 Å². The van der Waals surface area contributed by atoms with Gasteiger partial charge in [0, 0.05) is 17.3 Å². The zero-order valence-corrected chi connectivity index (χ0v) is 17.2. The Bertz CT molecular complexity index is 891. The molecule has 0 radical (unpaired) electrons. The van der Waals surface area contributed by atoms with Crippen LogP contribution < -0.4 is 4.90 Å². The lowest BCUT2D eigenvalue weighted by Crippen LogP contribution is -2.34. The summed E-state index contributed by atoms with van der Waals surface area (Å²) in [6.07, 6.45) is 4.98. The summed E-state index contributed by atoms with van der Waals surface area (Å²) >= 11 is 0. The lowest BCUT2D eigenvalue weighted by Gasteiger charge is -2.33. The maximum absolute atomic E-state index is 12.6. The van der Waals surface area contributed by atoms with Gasteiger partial charge in [0.25, 0.3) is 0 Å². The second-order valence-corrected chi connectivity index (χ2v) is 7.23. The van der Waals surface area contributed by atoms with Crippen molar-refractivity contribution in [3.05, 3.63) is 59.7 Å². The van der Waals surface area contributed by atoms with E-state index in [-0.39, 0.29) is 11.9 Å². The van der Waals surface area contributed by atoms with E-state index in [0.29, 0.717) is 18.8 Å². The molecule has 1 aliphatic rings. The minimum absolute atomic E-state index is 0.209. The molecule has 1 aromatic carbocycles.